The molecule has 28 heavy (non-hydrogen) atoms. The van der Waals surface area contributed by atoms with Crippen LogP contribution in [-0.4, -0.2) is 11.5 Å². The summed E-state index contributed by atoms with van der Waals surface area (Å²) in [5, 5.41) is 3.96. The highest BCUT2D eigenvalue weighted by atomic mass is 14.7. The summed E-state index contributed by atoms with van der Waals surface area (Å²) in [5.74, 6) is 0. The maximum absolute atomic E-state index is 5.76. The van der Waals surface area contributed by atoms with Crippen molar-refractivity contribution in [2.45, 2.75) is 45.4 Å². The number of fused-ring (bicyclic) bond motifs is 2. The molecule has 0 unspecified atom stereocenters. The van der Waals surface area contributed by atoms with Crippen LogP contribution in [0.3, 0.4) is 0 Å². The maximum Gasteiger partial charge on any atom is 0.0497 e. The number of para-hydroxylation sites is 1. The normalized spacial score (nSPS) is 11.5. The first kappa shape index (κ1) is 18.8. The summed E-state index contributed by atoms with van der Waals surface area (Å²) in [7, 11) is 0. The van der Waals surface area contributed by atoms with Crippen LogP contribution in [0.2, 0.25) is 0 Å². The molecule has 144 valence electrons. The van der Waals surface area contributed by atoms with Gasteiger partial charge in [0.05, 0.1) is 0 Å². The Hall–Kier alpha value is -2.58. The van der Waals surface area contributed by atoms with Crippen LogP contribution in [0.25, 0.3) is 32.9 Å². The molecule has 0 aliphatic rings. The minimum absolute atomic E-state index is 0.759. The molecule has 0 saturated carbocycles. The lowest BCUT2D eigenvalue weighted by Crippen LogP contribution is -1.99. The number of hydrogen-bond acceptors (Lipinski definition) is 1. The molecular formula is C26H30N2. The average molecular weight is 371 g/mol. The van der Waals surface area contributed by atoms with Gasteiger partial charge in [0, 0.05) is 16.6 Å². The van der Waals surface area contributed by atoms with Gasteiger partial charge in [-0.1, -0.05) is 67.9 Å². The van der Waals surface area contributed by atoms with E-state index in [9.17, 15) is 0 Å². The topological polar surface area (TPSA) is 41.8 Å². The van der Waals surface area contributed by atoms with E-state index >= 15 is 0 Å². The van der Waals surface area contributed by atoms with E-state index in [1.54, 1.807) is 0 Å². The van der Waals surface area contributed by atoms with E-state index in [0.29, 0.717) is 0 Å². The first-order chi connectivity index (χ1) is 13.8. The fourth-order valence-corrected chi connectivity index (χ4v) is 4.21. The number of aromatic nitrogens is 1. The third-order valence-corrected chi connectivity index (χ3v) is 5.75. The molecule has 0 radical (unpaired) electrons. The Balaban J connectivity index is 1.85. The zero-order valence-electron chi connectivity index (χ0n) is 16.8. The lowest BCUT2D eigenvalue weighted by molar-refractivity contribution is 0.748. The molecule has 0 aliphatic carbocycles. The van der Waals surface area contributed by atoms with Crippen molar-refractivity contribution in [2.24, 2.45) is 5.73 Å². The number of H-pyrrole nitrogens is 1. The van der Waals surface area contributed by atoms with Crippen molar-refractivity contribution in [1.82, 2.24) is 4.98 Å². The van der Waals surface area contributed by atoms with Crippen molar-refractivity contribution in [2.75, 3.05) is 6.54 Å². The maximum atomic E-state index is 5.76. The SMILES string of the molecule is CCCCc1cccc2c(CCCCN)c(-c3ccc4ccccc4c3)[nH]c12. The molecule has 3 aromatic carbocycles. The van der Waals surface area contributed by atoms with Gasteiger partial charge >= 0.3 is 0 Å². The number of rotatable bonds is 8. The van der Waals surface area contributed by atoms with E-state index < -0.39 is 0 Å². The Morgan fingerprint density at radius 2 is 1.68 bits per heavy atom. The molecule has 0 bridgehead atoms. The minimum Gasteiger partial charge on any atom is -0.354 e. The number of hydrogen-bond donors (Lipinski definition) is 2. The molecule has 0 spiro atoms. The summed E-state index contributed by atoms with van der Waals surface area (Å²) in [5.41, 5.74) is 12.5. The quantitative estimate of drug-likeness (QED) is 0.337. The zero-order valence-corrected chi connectivity index (χ0v) is 16.8. The molecule has 0 atom stereocenters. The zero-order chi connectivity index (χ0) is 19.3. The summed E-state index contributed by atoms with van der Waals surface area (Å²) in [6.07, 6.45) is 6.84. The molecule has 0 saturated heterocycles. The first-order valence-corrected chi connectivity index (χ1v) is 10.6. The van der Waals surface area contributed by atoms with Crippen molar-refractivity contribution in [3.63, 3.8) is 0 Å². The third kappa shape index (κ3) is 3.70. The van der Waals surface area contributed by atoms with E-state index in [1.807, 2.05) is 0 Å². The summed E-state index contributed by atoms with van der Waals surface area (Å²) >= 11 is 0. The van der Waals surface area contributed by atoms with Crippen LogP contribution in [0.15, 0.2) is 60.7 Å². The molecule has 4 rings (SSSR count). The highest BCUT2D eigenvalue weighted by Gasteiger charge is 2.15. The van der Waals surface area contributed by atoms with Crippen LogP contribution in [-0.2, 0) is 12.8 Å². The van der Waals surface area contributed by atoms with Gasteiger partial charge in [0.2, 0.25) is 0 Å². The lowest BCUT2D eigenvalue weighted by atomic mass is 9.97. The number of aromatic amines is 1. The Bertz CT molecular complexity index is 1070. The molecule has 3 N–H and O–H groups in total. The number of nitrogens with one attached hydrogen (secondary N) is 1. The van der Waals surface area contributed by atoms with Crippen LogP contribution in [0.4, 0.5) is 0 Å². The van der Waals surface area contributed by atoms with Crippen molar-refractivity contribution in [3.8, 4) is 11.3 Å². The summed E-state index contributed by atoms with van der Waals surface area (Å²) in [6, 6.07) is 22.2. The molecular weight excluding hydrogens is 340 g/mol. The fourth-order valence-electron chi connectivity index (χ4n) is 4.21. The number of nitrogens with two attached hydrogens (primary N) is 1. The minimum atomic E-state index is 0.759. The highest BCUT2D eigenvalue weighted by Crippen LogP contribution is 2.35. The van der Waals surface area contributed by atoms with E-state index in [-0.39, 0.29) is 0 Å². The summed E-state index contributed by atoms with van der Waals surface area (Å²) in [4.78, 5) is 3.82. The van der Waals surface area contributed by atoms with Crippen molar-refractivity contribution >= 4 is 21.7 Å². The Morgan fingerprint density at radius 1 is 0.821 bits per heavy atom. The second-order valence-electron chi connectivity index (χ2n) is 7.73. The van der Waals surface area contributed by atoms with Gasteiger partial charge in [-0.05, 0) is 72.2 Å². The Morgan fingerprint density at radius 3 is 2.50 bits per heavy atom. The lowest BCUT2D eigenvalue weighted by Gasteiger charge is -2.07. The van der Waals surface area contributed by atoms with Crippen molar-refractivity contribution in [3.05, 3.63) is 71.8 Å². The van der Waals surface area contributed by atoms with E-state index in [1.165, 1.54) is 56.9 Å². The molecule has 2 nitrogen and oxygen atoms in total. The molecule has 1 heterocycles. The van der Waals surface area contributed by atoms with Gasteiger partial charge < -0.3 is 10.7 Å². The van der Waals surface area contributed by atoms with Crippen molar-refractivity contribution in [1.29, 1.82) is 0 Å². The van der Waals surface area contributed by atoms with E-state index in [4.69, 9.17) is 5.73 Å². The monoisotopic (exact) mass is 370 g/mol. The second-order valence-corrected chi connectivity index (χ2v) is 7.73. The van der Waals surface area contributed by atoms with Gasteiger partial charge in [0.15, 0.2) is 0 Å². The summed E-state index contributed by atoms with van der Waals surface area (Å²) < 4.78 is 0. The van der Waals surface area contributed by atoms with E-state index in [2.05, 4.69) is 72.6 Å². The van der Waals surface area contributed by atoms with Crippen LogP contribution in [0.5, 0.6) is 0 Å². The number of unbranched alkanes of at least 4 members (excludes halogenated alkanes) is 2. The van der Waals surface area contributed by atoms with Gasteiger partial charge in [-0.3, -0.25) is 0 Å². The Kier molecular flexibility index (Phi) is 5.78. The number of benzene rings is 3. The molecule has 2 heteroatoms. The summed E-state index contributed by atoms with van der Waals surface area (Å²) in [6.45, 7) is 3.02. The second kappa shape index (κ2) is 8.62. The molecule has 4 aromatic rings. The molecule has 0 aliphatic heterocycles. The van der Waals surface area contributed by atoms with Crippen LogP contribution >= 0.6 is 0 Å². The molecule has 0 amide bonds. The predicted molar refractivity (Wildman–Crippen MR) is 122 cm³/mol. The van der Waals surface area contributed by atoms with Gasteiger partial charge in [-0.2, -0.15) is 0 Å². The van der Waals surface area contributed by atoms with Gasteiger partial charge in [-0.25, -0.2) is 0 Å². The fraction of sp³-hybridized carbons (Fsp3) is 0.308. The average Bonchev–Trinajstić information content (AvgIpc) is 3.11. The van der Waals surface area contributed by atoms with Gasteiger partial charge in [0.25, 0.3) is 0 Å². The molecule has 1 aromatic heterocycles. The Labute approximate surface area is 167 Å². The number of aryl methyl sites for hydroxylation is 2. The van der Waals surface area contributed by atoms with Gasteiger partial charge in [-0.15, -0.1) is 0 Å². The van der Waals surface area contributed by atoms with Crippen LogP contribution < -0.4 is 5.73 Å². The van der Waals surface area contributed by atoms with Crippen LogP contribution in [0.1, 0.15) is 43.7 Å². The van der Waals surface area contributed by atoms with Crippen LogP contribution in [0, 0.1) is 0 Å². The standard InChI is InChI=1S/C26H30N2/c1-2-3-9-20-12-8-14-24-23(13-6-7-17-27)26(28-25(20)24)22-16-15-19-10-4-5-11-21(19)18-22/h4-5,8,10-12,14-16,18,28H,2-3,6-7,9,13,17,27H2,1H3. The largest absolute Gasteiger partial charge is 0.354 e. The molecule has 0 fully saturated rings. The van der Waals surface area contributed by atoms with Gasteiger partial charge in [0.1, 0.15) is 0 Å². The van der Waals surface area contributed by atoms with Crippen molar-refractivity contribution < 1.29 is 0 Å². The highest BCUT2D eigenvalue weighted by molar-refractivity contribution is 5.95. The van der Waals surface area contributed by atoms with E-state index in [0.717, 1.165) is 32.2 Å². The smallest absolute Gasteiger partial charge is 0.0497 e. The third-order valence-electron chi connectivity index (χ3n) is 5.75. The predicted octanol–water partition coefficient (Wildman–Crippen LogP) is 6.61. The first-order valence-electron chi connectivity index (χ1n) is 10.6.